The summed E-state index contributed by atoms with van der Waals surface area (Å²) < 4.78 is 5.03. The zero-order valence-corrected chi connectivity index (χ0v) is 5.25. The van der Waals surface area contributed by atoms with E-state index in [4.69, 9.17) is 10.5 Å². The Bertz CT molecular complexity index is 99.2. The van der Waals surface area contributed by atoms with Crippen molar-refractivity contribution in [1.82, 2.24) is 0 Å². The molecule has 3 heteroatoms. The van der Waals surface area contributed by atoms with Gasteiger partial charge in [-0.2, -0.15) is 0 Å². The minimum atomic E-state index is 0.238. The van der Waals surface area contributed by atoms with Crippen LogP contribution in [0.3, 0.4) is 0 Å². The summed E-state index contributed by atoms with van der Waals surface area (Å²) in [5, 5.41) is 0. The highest BCUT2D eigenvalue weighted by Crippen LogP contribution is 2.27. The zero-order valence-electron chi connectivity index (χ0n) is 5.25. The molecular weight excluding hydrogens is 118 g/mol. The molecule has 2 N–H and O–H groups in total. The van der Waals surface area contributed by atoms with Gasteiger partial charge < -0.3 is 15.3 Å². The van der Waals surface area contributed by atoms with E-state index in [-0.39, 0.29) is 18.8 Å². The van der Waals surface area contributed by atoms with Crippen LogP contribution in [0.5, 0.6) is 0 Å². The summed E-state index contributed by atoms with van der Waals surface area (Å²) >= 11 is 0. The topological polar surface area (TPSA) is 52.3 Å². The summed E-state index contributed by atoms with van der Waals surface area (Å²) in [6, 6.07) is 0. The third-order valence-corrected chi connectivity index (χ3v) is 1.66. The van der Waals surface area contributed by atoms with Crippen molar-refractivity contribution in [2.75, 3.05) is 6.73 Å². The molecule has 0 aromatic heterocycles. The van der Waals surface area contributed by atoms with Crippen molar-refractivity contribution >= 4 is 6.29 Å². The average Bonchev–Trinajstić information content (AvgIpc) is 1.77. The minimum Gasteiger partial charge on any atom is -0.363 e. The first-order valence-corrected chi connectivity index (χ1v) is 3.13. The Labute approximate surface area is 54.2 Å². The molecule has 0 bridgehead atoms. The Morgan fingerprint density at radius 2 is 2.33 bits per heavy atom. The molecule has 1 aliphatic carbocycles. The molecular formula is C6H11NO2. The van der Waals surface area contributed by atoms with Crippen molar-refractivity contribution in [3.05, 3.63) is 0 Å². The van der Waals surface area contributed by atoms with Crippen LogP contribution in [0.2, 0.25) is 0 Å². The fraction of sp³-hybridized carbons (Fsp3) is 0.833. The van der Waals surface area contributed by atoms with Gasteiger partial charge in [0.15, 0.2) is 0 Å². The molecule has 0 spiro atoms. The number of nitrogens with two attached hydrogens (primary N) is 1. The molecule has 0 unspecified atom stereocenters. The maximum atomic E-state index is 10.1. The Morgan fingerprint density at radius 3 is 2.78 bits per heavy atom. The summed E-state index contributed by atoms with van der Waals surface area (Å²) in [7, 11) is 0. The van der Waals surface area contributed by atoms with Gasteiger partial charge in [0.2, 0.25) is 0 Å². The Kier molecular flexibility index (Phi) is 2.19. The monoisotopic (exact) mass is 129 g/mol. The highest BCUT2D eigenvalue weighted by Gasteiger charge is 2.28. The van der Waals surface area contributed by atoms with Gasteiger partial charge in [-0.1, -0.05) is 0 Å². The van der Waals surface area contributed by atoms with Crippen LogP contribution in [-0.4, -0.2) is 19.1 Å². The molecule has 52 valence electrons. The first kappa shape index (κ1) is 6.71. The summed E-state index contributed by atoms with van der Waals surface area (Å²) in [5.74, 6) is 0.238. The fourth-order valence-corrected chi connectivity index (χ4v) is 0.990. The van der Waals surface area contributed by atoms with Crippen LogP contribution in [0, 0.1) is 5.92 Å². The number of aldehydes is 1. The lowest BCUT2D eigenvalue weighted by Crippen LogP contribution is -2.33. The molecule has 0 amide bonds. The standard InChI is InChI=1S/C6H11NO2/c7-4-9-6-1-5(2-6)3-8/h3,5-6H,1-2,4,7H2. The van der Waals surface area contributed by atoms with Crippen LogP contribution >= 0.6 is 0 Å². The van der Waals surface area contributed by atoms with Crippen LogP contribution in [0.15, 0.2) is 0 Å². The van der Waals surface area contributed by atoms with Crippen LogP contribution in [0.1, 0.15) is 12.8 Å². The Balaban J connectivity index is 2.04. The second-order valence-electron chi connectivity index (χ2n) is 2.32. The van der Waals surface area contributed by atoms with Gasteiger partial charge in [-0.25, -0.2) is 0 Å². The van der Waals surface area contributed by atoms with E-state index in [1.807, 2.05) is 0 Å². The molecule has 1 aliphatic rings. The second-order valence-corrected chi connectivity index (χ2v) is 2.32. The Hall–Kier alpha value is -0.410. The van der Waals surface area contributed by atoms with Gasteiger partial charge >= 0.3 is 0 Å². The number of rotatable bonds is 3. The van der Waals surface area contributed by atoms with Crippen LogP contribution in [0.4, 0.5) is 0 Å². The molecule has 9 heavy (non-hydrogen) atoms. The molecule has 1 saturated carbocycles. The van der Waals surface area contributed by atoms with Gasteiger partial charge in [-0.15, -0.1) is 0 Å². The minimum absolute atomic E-state index is 0.238. The quantitative estimate of drug-likeness (QED) is 0.427. The number of carbonyl (C=O) groups is 1. The van der Waals surface area contributed by atoms with Gasteiger partial charge in [-0.05, 0) is 12.8 Å². The van der Waals surface area contributed by atoms with Gasteiger partial charge in [0.25, 0.3) is 0 Å². The van der Waals surface area contributed by atoms with Crippen LogP contribution in [0.25, 0.3) is 0 Å². The number of hydrogen-bond donors (Lipinski definition) is 1. The summed E-state index contributed by atoms with van der Waals surface area (Å²) in [6.07, 6.45) is 2.96. The third kappa shape index (κ3) is 1.50. The number of ether oxygens (including phenoxy) is 1. The fourth-order valence-electron chi connectivity index (χ4n) is 0.990. The van der Waals surface area contributed by atoms with Crippen molar-refractivity contribution in [2.45, 2.75) is 18.9 Å². The third-order valence-electron chi connectivity index (χ3n) is 1.66. The van der Waals surface area contributed by atoms with Gasteiger partial charge in [-0.3, -0.25) is 0 Å². The van der Waals surface area contributed by atoms with Crippen molar-refractivity contribution in [1.29, 1.82) is 0 Å². The summed E-state index contributed by atoms with van der Waals surface area (Å²) in [6.45, 7) is 0.274. The van der Waals surface area contributed by atoms with Crippen molar-refractivity contribution < 1.29 is 9.53 Å². The number of hydrogen-bond acceptors (Lipinski definition) is 3. The van der Waals surface area contributed by atoms with E-state index in [0.717, 1.165) is 19.1 Å². The largest absolute Gasteiger partial charge is 0.363 e. The highest BCUT2D eigenvalue weighted by molar-refractivity contribution is 5.55. The predicted octanol–water partition coefficient (Wildman–Crippen LogP) is -0.103. The van der Waals surface area contributed by atoms with E-state index in [1.54, 1.807) is 0 Å². The van der Waals surface area contributed by atoms with Gasteiger partial charge in [0.05, 0.1) is 12.8 Å². The SMILES string of the molecule is NCOC1CC(C=O)C1. The molecule has 0 heterocycles. The molecule has 0 aliphatic heterocycles. The summed E-state index contributed by atoms with van der Waals surface area (Å²) in [4.78, 5) is 10.1. The van der Waals surface area contributed by atoms with E-state index < -0.39 is 0 Å². The molecule has 1 fully saturated rings. The first-order valence-electron chi connectivity index (χ1n) is 3.13. The maximum absolute atomic E-state index is 10.1. The van der Waals surface area contributed by atoms with E-state index >= 15 is 0 Å². The summed E-state index contributed by atoms with van der Waals surface area (Å²) in [5.41, 5.74) is 5.12. The first-order chi connectivity index (χ1) is 4.36. The lowest BCUT2D eigenvalue weighted by Gasteiger charge is -2.30. The smallest absolute Gasteiger partial charge is 0.123 e. The molecule has 0 saturated heterocycles. The Morgan fingerprint density at radius 1 is 1.67 bits per heavy atom. The van der Waals surface area contributed by atoms with Crippen LogP contribution in [-0.2, 0) is 9.53 Å². The lowest BCUT2D eigenvalue weighted by molar-refractivity contribution is -0.119. The van der Waals surface area contributed by atoms with Crippen molar-refractivity contribution in [3.8, 4) is 0 Å². The van der Waals surface area contributed by atoms with Crippen molar-refractivity contribution in [3.63, 3.8) is 0 Å². The van der Waals surface area contributed by atoms with Gasteiger partial charge in [0, 0.05) is 5.92 Å². The lowest BCUT2D eigenvalue weighted by atomic mass is 9.84. The molecule has 1 rings (SSSR count). The van der Waals surface area contributed by atoms with E-state index in [2.05, 4.69) is 0 Å². The molecule has 0 radical (unpaired) electrons. The molecule has 0 atom stereocenters. The molecule has 0 aromatic carbocycles. The van der Waals surface area contributed by atoms with Crippen molar-refractivity contribution in [2.24, 2.45) is 11.7 Å². The average molecular weight is 129 g/mol. The van der Waals surface area contributed by atoms with E-state index in [0.29, 0.717) is 0 Å². The van der Waals surface area contributed by atoms with Gasteiger partial charge in [0.1, 0.15) is 6.29 Å². The maximum Gasteiger partial charge on any atom is 0.123 e. The predicted molar refractivity (Wildman–Crippen MR) is 32.7 cm³/mol. The van der Waals surface area contributed by atoms with E-state index in [1.165, 1.54) is 0 Å². The molecule has 0 aromatic rings. The highest BCUT2D eigenvalue weighted by atomic mass is 16.5. The number of carbonyl (C=O) groups excluding carboxylic acids is 1. The second kappa shape index (κ2) is 2.94. The zero-order chi connectivity index (χ0) is 6.69. The van der Waals surface area contributed by atoms with Crippen LogP contribution < -0.4 is 5.73 Å². The normalized spacial score (nSPS) is 33.4. The molecule has 3 nitrogen and oxygen atoms in total. The van der Waals surface area contributed by atoms with E-state index in [9.17, 15) is 4.79 Å².